The highest BCUT2D eigenvalue weighted by Gasteiger charge is 2.19. The number of hydrogen-bond donors (Lipinski definition) is 1. The molecule has 1 aromatic rings. The lowest BCUT2D eigenvalue weighted by molar-refractivity contribution is -0.0113. The number of ether oxygens (including phenoxy) is 2. The molecule has 19 heavy (non-hydrogen) atoms. The minimum absolute atomic E-state index is 0.0843. The summed E-state index contributed by atoms with van der Waals surface area (Å²) in [6.45, 7) is 1.20. The summed E-state index contributed by atoms with van der Waals surface area (Å²) in [5.74, 6) is -0.479. The van der Waals surface area contributed by atoms with Crippen LogP contribution in [-0.4, -0.2) is 30.4 Å². The van der Waals surface area contributed by atoms with E-state index in [1.54, 1.807) is 6.07 Å². The van der Waals surface area contributed by atoms with Gasteiger partial charge in [-0.05, 0) is 63.3 Å². The molecule has 1 atom stereocenters. The second-order valence-electron chi connectivity index (χ2n) is 4.34. The first-order valence-corrected chi connectivity index (χ1v) is 7.64. The Morgan fingerprint density at radius 3 is 2.84 bits per heavy atom. The van der Waals surface area contributed by atoms with Crippen LogP contribution in [0.5, 0.6) is 5.75 Å². The highest BCUT2D eigenvalue weighted by molar-refractivity contribution is 9.11. The fourth-order valence-corrected chi connectivity index (χ4v) is 3.29. The van der Waals surface area contributed by atoms with E-state index in [4.69, 9.17) is 14.6 Å². The molecule has 0 spiro atoms. The zero-order valence-electron chi connectivity index (χ0n) is 10.2. The van der Waals surface area contributed by atoms with Gasteiger partial charge in [0.1, 0.15) is 12.4 Å². The Labute approximate surface area is 128 Å². The number of rotatable bonds is 4. The second-order valence-corrected chi connectivity index (χ2v) is 5.99. The van der Waals surface area contributed by atoms with Gasteiger partial charge in [-0.1, -0.05) is 0 Å². The van der Waals surface area contributed by atoms with Crippen LogP contribution in [0, 0.1) is 0 Å². The predicted molar refractivity (Wildman–Crippen MR) is 77.9 cm³/mol. The van der Waals surface area contributed by atoms with Gasteiger partial charge in [0.2, 0.25) is 0 Å². The van der Waals surface area contributed by atoms with Gasteiger partial charge >= 0.3 is 5.97 Å². The van der Waals surface area contributed by atoms with Crippen molar-refractivity contribution >= 4 is 37.8 Å². The van der Waals surface area contributed by atoms with Crippen LogP contribution in [0.25, 0.3) is 0 Å². The maximum absolute atomic E-state index is 11.1. The molecule has 1 heterocycles. The van der Waals surface area contributed by atoms with Crippen molar-refractivity contribution in [3.8, 4) is 5.75 Å². The molecule has 0 saturated carbocycles. The number of halogens is 2. The molecule has 1 N–H and O–H groups in total. The monoisotopic (exact) mass is 392 g/mol. The summed E-state index contributed by atoms with van der Waals surface area (Å²) in [4.78, 5) is 11.1. The largest absolute Gasteiger partial charge is 0.488 e. The number of carbonyl (C=O) groups is 1. The molecule has 1 saturated heterocycles. The number of aromatic carboxylic acids is 1. The zero-order valence-corrected chi connectivity index (χ0v) is 13.4. The molecule has 1 aliphatic rings. The summed E-state index contributed by atoms with van der Waals surface area (Å²) in [7, 11) is 0. The van der Waals surface area contributed by atoms with Gasteiger partial charge < -0.3 is 14.6 Å². The molecule has 0 radical (unpaired) electrons. The molecule has 2 rings (SSSR count). The minimum Gasteiger partial charge on any atom is -0.488 e. The fraction of sp³-hybridized carbons (Fsp3) is 0.462. The molecule has 104 valence electrons. The molecule has 0 aliphatic carbocycles. The Morgan fingerprint density at radius 2 is 2.21 bits per heavy atom. The maximum Gasteiger partial charge on any atom is 0.336 e. The molecular weight excluding hydrogens is 380 g/mol. The highest BCUT2D eigenvalue weighted by Crippen LogP contribution is 2.36. The molecule has 0 bridgehead atoms. The van der Waals surface area contributed by atoms with Gasteiger partial charge in [-0.2, -0.15) is 0 Å². The summed E-state index contributed by atoms with van der Waals surface area (Å²) in [6.07, 6.45) is 3.30. The van der Waals surface area contributed by atoms with E-state index in [2.05, 4.69) is 31.9 Å². The van der Waals surface area contributed by atoms with E-state index in [1.807, 2.05) is 0 Å². The normalized spacial score (nSPS) is 19.2. The molecule has 1 aliphatic heterocycles. The van der Waals surface area contributed by atoms with Crippen LogP contribution < -0.4 is 4.74 Å². The van der Waals surface area contributed by atoms with E-state index in [-0.39, 0.29) is 11.7 Å². The summed E-state index contributed by atoms with van der Waals surface area (Å²) >= 11 is 6.65. The van der Waals surface area contributed by atoms with E-state index >= 15 is 0 Å². The van der Waals surface area contributed by atoms with Crippen molar-refractivity contribution in [3.63, 3.8) is 0 Å². The number of hydrogen-bond acceptors (Lipinski definition) is 3. The van der Waals surface area contributed by atoms with Crippen LogP contribution in [0.4, 0.5) is 0 Å². The first-order valence-electron chi connectivity index (χ1n) is 6.05. The van der Waals surface area contributed by atoms with Crippen molar-refractivity contribution in [1.82, 2.24) is 0 Å². The summed E-state index contributed by atoms with van der Waals surface area (Å²) in [5.41, 5.74) is 0.183. The summed E-state index contributed by atoms with van der Waals surface area (Å²) in [5, 5.41) is 9.07. The Bertz CT molecular complexity index is 470. The van der Waals surface area contributed by atoms with Gasteiger partial charge in [0, 0.05) is 6.61 Å². The van der Waals surface area contributed by atoms with Crippen molar-refractivity contribution in [2.45, 2.75) is 25.4 Å². The van der Waals surface area contributed by atoms with E-state index in [0.29, 0.717) is 16.8 Å². The zero-order chi connectivity index (χ0) is 13.8. The van der Waals surface area contributed by atoms with Crippen LogP contribution in [0.1, 0.15) is 29.6 Å². The molecule has 0 amide bonds. The van der Waals surface area contributed by atoms with Crippen LogP contribution >= 0.6 is 31.9 Å². The molecule has 4 nitrogen and oxygen atoms in total. The second kappa shape index (κ2) is 6.72. The molecule has 1 fully saturated rings. The third-order valence-electron chi connectivity index (χ3n) is 2.97. The lowest BCUT2D eigenvalue weighted by Gasteiger charge is -2.23. The number of benzene rings is 1. The van der Waals surface area contributed by atoms with Gasteiger partial charge in [-0.15, -0.1) is 0 Å². The highest BCUT2D eigenvalue weighted by atomic mass is 79.9. The third-order valence-corrected chi connectivity index (χ3v) is 4.38. The molecule has 1 aromatic carbocycles. The van der Waals surface area contributed by atoms with Crippen LogP contribution in [0.15, 0.2) is 21.1 Å². The lowest BCUT2D eigenvalue weighted by Crippen LogP contribution is -2.26. The Kier molecular flexibility index (Phi) is 5.24. The standard InChI is InChI=1S/C13H14Br2O4/c14-10-5-4-9(13(16)17)11(15)12(10)19-7-8-3-1-2-6-18-8/h4-5,8H,1-3,6-7H2,(H,16,17). The van der Waals surface area contributed by atoms with Gasteiger partial charge in [-0.3, -0.25) is 0 Å². The molecular formula is C13H14Br2O4. The Balaban J connectivity index is 2.10. The average Bonchev–Trinajstić information content (AvgIpc) is 2.39. The summed E-state index contributed by atoms with van der Waals surface area (Å²) in [6, 6.07) is 3.20. The van der Waals surface area contributed by atoms with Gasteiger partial charge in [0.15, 0.2) is 0 Å². The van der Waals surface area contributed by atoms with Crippen LogP contribution in [0.3, 0.4) is 0 Å². The van der Waals surface area contributed by atoms with Crippen molar-refractivity contribution in [1.29, 1.82) is 0 Å². The quantitative estimate of drug-likeness (QED) is 0.843. The first-order chi connectivity index (χ1) is 9.09. The molecule has 6 heteroatoms. The van der Waals surface area contributed by atoms with Gasteiger partial charge in [0.25, 0.3) is 0 Å². The average molecular weight is 394 g/mol. The van der Waals surface area contributed by atoms with E-state index in [9.17, 15) is 4.79 Å². The van der Waals surface area contributed by atoms with Crippen molar-refractivity contribution < 1.29 is 19.4 Å². The first kappa shape index (κ1) is 14.8. The number of carboxylic acid groups (broad SMARTS) is 1. The molecule has 0 aromatic heterocycles. The maximum atomic E-state index is 11.1. The van der Waals surface area contributed by atoms with Gasteiger partial charge in [-0.25, -0.2) is 4.79 Å². The Morgan fingerprint density at radius 1 is 1.42 bits per heavy atom. The van der Waals surface area contributed by atoms with Crippen LogP contribution in [-0.2, 0) is 4.74 Å². The third kappa shape index (κ3) is 3.70. The smallest absolute Gasteiger partial charge is 0.336 e. The topological polar surface area (TPSA) is 55.8 Å². The summed E-state index contributed by atoms with van der Waals surface area (Å²) < 4.78 is 12.5. The lowest BCUT2D eigenvalue weighted by atomic mass is 10.1. The van der Waals surface area contributed by atoms with E-state index in [1.165, 1.54) is 6.07 Å². The van der Waals surface area contributed by atoms with Gasteiger partial charge in [0.05, 0.1) is 20.6 Å². The van der Waals surface area contributed by atoms with Crippen molar-refractivity contribution in [3.05, 3.63) is 26.6 Å². The van der Waals surface area contributed by atoms with Crippen molar-refractivity contribution in [2.24, 2.45) is 0 Å². The van der Waals surface area contributed by atoms with E-state index < -0.39 is 5.97 Å². The Hall–Kier alpha value is -0.590. The van der Waals surface area contributed by atoms with E-state index in [0.717, 1.165) is 30.3 Å². The van der Waals surface area contributed by atoms with Crippen LogP contribution in [0.2, 0.25) is 0 Å². The predicted octanol–water partition coefficient (Wildman–Crippen LogP) is 3.86. The minimum atomic E-state index is -0.988. The fourth-order valence-electron chi connectivity index (χ4n) is 1.95. The SMILES string of the molecule is O=C(O)c1ccc(Br)c(OCC2CCCCO2)c1Br. The molecule has 1 unspecified atom stereocenters. The number of carboxylic acids is 1. The van der Waals surface area contributed by atoms with Crippen molar-refractivity contribution in [2.75, 3.05) is 13.2 Å².